The molecule has 0 aromatic carbocycles. The maximum Gasteiger partial charge on any atom is 0.141 e. The zero-order chi connectivity index (χ0) is 13.3. The van der Waals surface area contributed by atoms with Gasteiger partial charge in [-0.3, -0.25) is 4.98 Å². The van der Waals surface area contributed by atoms with E-state index in [4.69, 9.17) is 5.73 Å². The molecule has 100 valence electrons. The molecule has 4 atom stereocenters. The zero-order valence-corrected chi connectivity index (χ0v) is 11.5. The number of pyridine rings is 1. The molecule has 0 spiro atoms. The van der Waals surface area contributed by atoms with Gasteiger partial charge in [0.05, 0.1) is 17.4 Å². The van der Waals surface area contributed by atoms with Crippen LogP contribution in [0.4, 0.5) is 4.39 Å². The lowest BCUT2D eigenvalue weighted by Crippen LogP contribution is -2.44. The van der Waals surface area contributed by atoms with Crippen LogP contribution < -0.4 is 5.73 Å². The number of nitrogens with two attached hydrogens (primary N) is 1. The van der Waals surface area contributed by atoms with Crippen LogP contribution in [0.5, 0.6) is 0 Å². The van der Waals surface area contributed by atoms with Gasteiger partial charge in [0.25, 0.3) is 0 Å². The van der Waals surface area contributed by atoms with Crippen LogP contribution in [0.1, 0.15) is 45.7 Å². The summed E-state index contributed by atoms with van der Waals surface area (Å²) in [4.78, 5) is 4.17. The van der Waals surface area contributed by atoms with Crippen molar-refractivity contribution in [2.24, 2.45) is 23.5 Å². The number of nitrogens with zero attached hydrogens (tertiary/aromatic N) is 1. The van der Waals surface area contributed by atoms with Crippen molar-refractivity contribution >= 4 is 0 Å². The highest BCUT2D eigenvalue weighted by atomic mass is 19.1. The third-order valence-electron chi connectivity index (χ3n) is 4.73. The first kappa shape index (κ1) is 13.5. The van der Waals surface area contributed by atoms with Gasteiger partial charge in [0.2, 0.25) is 0 Å². The van der Waals surface area contributed by atoms with Crippen LogP contribution in [0.2, 0.25) is 0 Å². The molecule has 2 nitrogen and oxygen atoms in total. The average molecular weight is 250 g/mol. The molecule has 0 bridgehead atoms. The molecule has 2 N–H and O–H groups in total. The smallest absolute Gasteiger partial charge is 0.141 e. The Bertz CT molecular complexity index is 399. The minimum Gasteiger partial charge on any atom is -0.320 e. The Labute approximate surface area is 109 Å². The molecule has 4 unspecified atom stereocenters. The summed E-state index contributed by atoms with van der Waals surface area (Å²) in [5.74, 6) is 1.60. The summed E-state index contributed by atoms with van der Waals surface area (Å²) in [6.45, 7) is 6.64. The molecule has 1 aromatic heterocycles. The molecule has 1 saturated carbocycles. The third kappa shape index (κ3) is 2.56. The lowest BCUT2D eigenvalue weighted by atomic mass is 9.68. The highest BCUT2D eigenvalue weighted by Crippen LogP contribution is 2.41. The van der Waals surface area contributed by atoms with E-state index in [1.165, 1.54) is 18.7 Å². The summed E-state index contributed by atoms with van der Waals surface area (Å²) < 4.78 is 12.9. The zero-order valence-electron chi connectivity index (χ0n) is 11.5. The summed E-state index contributed by atoms with van der Waals surface area (Å²) in [5, 5.41) is 0. The Hall–Kier alpha value is -0.960. The van der Waals surface area contributed by atoms with Gasteiger partial charge in [0.1, 0.15) is 5.82 Å². The Balaban J connectivity index is 2.17. The molecule has 0 aliphatic heterocycles. The van der Waals surface area contributed by atoms with E-state index < -0.39 is 5.54 Å². The fraction of sp³-hybridized carbons (Fsp3) is 0.667. The van der Waals surface area contributed by atoms with E-state index >= 15 is 0 Å². The van der Waals surface area contributed by atoms with Crippen LogP contribution in [0.3, 0.4) is 0 Å². The van der Waals surface area contributed by atoms with E-state index in [9.17, 15) is 4.39 Å². The molecular formula is C15H23FN2. The van der Waals surface area contributed by atoms with E-state index in [1.807, 2.05) is 6.92 Å². The van der Waals surface area contributed by atoms with Gasteiger partial charge < -0.3 is 5.73 Å². The first-order valence-electron chi connectivity index (χ1n) is 6.82. The SMILES string of the molecule is CC1CCC(C(C)(N)c2ccc(F)cn2)CC1C. The lowest BCUT2D eigenvalue weighted by molar-refractivity contribution is 0.139. The van der Waals surface area contributed by atoms with Gasteiger partial charge in [0.15, 0.2) is 0 Å². The predicted molar refractivity (Wildman–Crippen MR) is 71.4 cm³/mol. The molecule has 1 aliphatic rings. The molecule has 1 aliphatic carbocycles. The molecule has 1 aromatic rings. The summed E-state index contributed by atoms with van der Waals surface area (Å²) in [6, 6.07) is 3.17. The molecule has 0 saturated heterocycles. The maximum atomic E-state index is 12.9. The number of hydrogen-bond donors (Lipinski definition) is 1. The van der Waals surface area contributed by atoms with Gasteiger partial charge in [0, 0.05) is 0 Å². The van der Waals surface area contributed by atoms with E-state index in [2.05, 4.69) is 18.8 Å². The van der Waals surface area contributed by atoms with Crippen molar-refractivity contribution in [3.8, 4) is 0 Å². The third-order valence-corrected chi connectivity index (χ3v) is 4.73. The Kier molecular flexibility index (Phi) is 3.71. The monoisotopic (exact) mass is 250 g/mol. The number of hydrogen-bond acceptors (Lipinski definition) is 2. The minimum atomic E-state index is -0.456. The first-order chi connectivity index (χ1) is 8.41. The quantitative estimate of drug-likeness (QED) is 0.873. The molecule has 1 heterocycles. The van der Waals surface area contributed by atoms with Gasteiger partial charge >= 0.3 is 0 Å². The molecule has 3 heteroatoms. The van der Waals surface area contributed by atoms with Crippen molar-refractivity contribution in [1.82, 2.24) is 4.98 Å². The summed E-state index contributed by atoms with van der Waals surface area (Å²) in [6.07, 6.45) is 4.75. The number of aromatic nitrogens is 1. The van der Waals surface area contributed by atoms with Gasteiger partial charge in [-0.1, -0.05) is 20.3 Å². The fourth-order valence-corrected chi connectivity index (χ4v) is 3.00. The van der Waals surface area contributed by atoms with E-state index in [0.717, 1.165) is 24.5 Å². The van der Waals surface area contributed by atoms with Gasteiger partial charge in [-0.2, -0.15) is 0 Å². The highest BCUT2D eigenvalue weighted by Gasteiger charge is 2.37. The predicted octanol–water partition coefficient (Wildman–Crippen LogP) is 3.47. The normalized spacial score (nSPS) is 31.9. The first-order valence-corrected chi connectivity index (χ1v) is 6.82. The second-order valence-electron chi connectivity index (χ2n) is 6.11. The second-order valence-corrected chi connectivity index (χ2v) is 6.11. The van der Waals surface area contributed by atoms with Crippen molar-refractivity contribution in [2.45, 2.75) is 45.6 Å². The van der Waals surface area contributed by atoms with E-state index in [1.54, 1.807) is 6.07 Å². The summed E-state index contributed by atoms with van der Waals surface area (Å²) in [7, 11) is 0. The molecular weight excluding hydrogens is 227 g/mol. The minimum absolute atomic E-state index is 0.305. The molecule has 18 heavy (non-hydrogen) atoms. The Morgan fingerprint density at radius 2 is 2.00 bits per heavy atom. The van der Waals surface area contributed by atoms with E-state index in [-0.39, 0.29) is 5.82 Å². The summed E-state index contributed by atoms with van der Waals surface area (Å²) in [5.41, 5.74) is 6.83. The van der Waals surface area contributed by atoms with Gasteiger partial charge in [-0.05, 0) is 49.7 Å². The number of halogens is 1. The van der Waals surface area contributed by atoms with Crippen molar-refractivity contribution in [3.05, 3.63) is 29.8 Å². The molecule has 2 rings (SSSR count). The largest absolute Gasteiger partial charge is 0.320 e. The standard InChI is InChI=1S/C15H23FN2/c1-10-4-5-12(8-11(10)2)15(3,17)14-7-6-13(16)9-18-14/h6-7,9-12H,4-5,8,17H2,1-3H3. The van der Waals surface area contributed by atoms with Crippen LogP contribution in [0, 0.1) is 23.6 Å². The highest BCUT2D eigenvalue weighted by molar-refractivity contribution is 5.16. The van der Waals surface area contributed by atoms with E-state index in [0.29, 0.717) is 11.8 Å². The average Bonchev–Trinajstić information content (AvgIpc) is 2.33. The Morgan fingerprint density at radius 1 is 1.28 bits per heavy atom. The lowest BCUT2D eigenvalue weighted by Gasteiger charge is -2.41. The fourth-order valence-electron chi connectivity index (χ4n) is 3.00. The van der Waals surface area contributed by atoms with Crippen LogP contribution in [-0.2, 0) is 5.54 Å². The Morgan fingerprint density at radius 3 is 2.56 bits per heavy atom. The van der Waals surface area contributed by atoms with Crippen LogP contribution >= 0.6 is 0 Å². The molecule has 1 fully saturated rings. The van der Waals surface area contributed by atoms with Crippen molar-refractivity contribution in [3.63, 3.8) is 0 Å². The summed E-state index contributed by atoms with van der Waals surface area (Å²) >= 11 is 0. The number of rotatable bonds is 2. The second kappa shape index (κ2) is 4.96. The maximum absolute atomic E-state index is 12.9. The van der Waals surface area contributed by atoms with Gasteiger partial charge in [-0.15, -0.1) is 0 Å². The molecule has 0 radical (unpaired) electrons. The van der Waals surface area contributed by atoms with Crippen molar-refractivity contribution in [1.29, 1.82) is 0 Å². The topological polar surface area (TPSA) is 38.9 Å². The van der Waals surface area contributed by atoms with Crippen molar-refractivity contribution in [2.75, 3.05) is 0 Å². The van der Waals surface area contributed by atoms with Crippen LogP contribution in [0.15, 0.2) is 18.3 Å². The van der Waals surface area contributed by atoms with Crippen LogP contribution in [0.25, 0.3) is 0 Å². The molecule has 0 amide bonds. The van der Waals surface area contributed by atoms with Crippen molar-refractivity contribution < 1.29 is 4.39 Å². The van der Waals surface area contributed by atoms with Crippen LogP contribution in [-0.4, -0.2) is 4.98 Å². The van der Waals surface area contributed by atoms with Gasteiger partial charge in [-0.25, -0.2) is 4.39 Å².